The largest absolute Gasteiger partial charge is 0.424 e. The molecule has 10 rings (SSSR count). The highest BCUT2D eigenvalue weighted by Crippen LogP contribution is 2.38. The molecule has 7 aromatic rings. The van der Waals surface area contributed by atoms with E-state index in [0.29, 0.717) is 94.7 Å². The summed E-state index contributed by atoms with van der Waals surface area (Å²) >= 11 is 0. The molecule has 1 fully saturated rings. The Morgan fingerprint density at radius 1 is 0.967 bits per heavy atom. The van der Waals surface area contributed by atoms with Crippen LogP contribution in [0.1, 0.15) is 88.5 Å². The molecule has 1 unspecified atom stereocenters. The number of nitrogens with zero attached hydrogens (tertiary/aromatic N) is 10. The Labute approximate surface area is 351 Å². The molecule has 3 aliphatic rings. The second-order valence-electron chi connectivity index (χ2n) is 16.2. The van der Waals surface area contributed by atoms with Gasteiger partial charge in [0.15, 0.2) is 0 Å². The predicted octanol–water partition coefficient (Wildman–Crippen LogP) is 6.54. The van der Waals surface area contributed by atoms with E-state index in [1.807, 2.05) is 28.7 Å². The first-order valence-electron chi connectivity index (χ1n) is 20.6. The summed E-state index contributed by atoms with van der Waals surface area (Å²) in [5, 5.41) is 14.2. The minimum absolute atomic E-state index is 0.166. The van der Waals surface area contributed by atoms with Gasteiger partial charge in [-0.3, -0.25) is 18.9 Å². The van der Waals surface area contributed by atoms with Gasteiger partial charge in [-0.05, 0) is 99.7 Å². The van der Waals surface area contributed by atoms with Gasteiger partial charge in [-0.2, -0.15) is 5.10 Å². The normalized spacial score (nSPS) is 19.4. The van der Waals surface area contributed by atoms with E-state index in [1.165, 1.54) is 9.13 Å². The molecule has 314 valence electrons. The third kappa shape index (κ3) is 6.70. The molecule has 2 aromatic carbocycles. The lowest BCUT2D eigenvalue weighted by molar-refractivity contribution is 0.0666. The van der Waals surface area contributed by atoms with Crippen molar-refractivity contribution in [1.29, 1.82) is 0 Å². The summed E-state index contributed by atoms with van der Waals surface area (Å²) in [6.45, 7) is 9.55. The number of halogens is 1. The number of imidazole rings is 1. The highest BCUT2D eigenvalue weighted by Gasteiger charge is 2.37. The van der Waals surface area contributed by atoms with E-state index in [9.17, 15) is 9.00 Å². The number of carbonyl (C=O) groups excluding carboxylic acids is 1. The molecule has 3 aliphatic heterocycles. The van der Waals surface area contributed by atoms with Gasteiger partial charge >= 0.3 is 5.69 Å². The van der Waals surface area contributed by atoms with E-state index >= 15 is 9.18 Å². The fraction of sp³-hybridized carbons (Fsp3) is 0.364. The third-order valence-electron chi connectivity index (χ3n) is 12.3. The fourth-order valence-corrected chi connectivity index (χ4v) is 11.1. The first kappa shape index (κ1) is 39.0. The smallest absolute Gasteiger partial charge is 0.338 e. The van der Waals surface area contributed by atoms with Crippen LogP contribution < -0.4 is 5.69 Å². The fourth-order valence-electron chi connectivity index (χ4n) is 9.10. The molecular formula is C44H45FN10O5S. The molecule has 0 bridgehead atoms. The molecule has 0 N–H and O–H groups in total. The van der Waals surface area contributed by atoms with Crippen molar-refractivity contribution in [3.63, 3.8) is 0 Å². The summed E-state index contributed by atoms with van der Waals surface area (Å²) in [4.78, 5) is 37.0. The third-order valence-corrected chi connectivity index (χ3v) is 14.7. The first-order valence-corrected chi connectivity index (χ1v) is 22.3. The molecule has 1 amide bonds. The number of hydrogen-bond donors (Lipinski definition) is 0. The van der Waals surface area contributed by atoms with Crippen molar-refractivity contribution in [3.05, 3.63) is 129 Å². The lowest BCUT2D eigenvalue weighted by atomic mass is 9.95. The molecule has 0 spiro atoms. The van der Waals surface area contributed by atoms with Crippen LogP contribution in [0.25, 0.3) is 28.1 Å². The van der Waals surface area contributed by atoms with Crippen LogP contribution in [0.4, 0.5) is 4.39 Å². The summed E-state index contributed by atoms with van der Waals surface area (Å²) in [5.74, 6) is 1.49. The number of pyridine rings is 1. The number of rotatable bonds is 8. The number of fused-ring (bicyclic) bond motifs is 2. The predicted molar refractivity (Wildman–Crippen MR) is 225 cm³/mol. The van der Waals surface area contributed by atoms with E-state index in [4.69, 9.17) is 19.2 Å². The molecule has 2 atom stereocenters. The zero-order valence-corrected chi connectivity index (χ0v) is 35.2. The van der Waals surface area contributed by atoms with Gasteiger partial charge in [-0.1, -0.05) is 0 Å². The van der Waals surface area contributed by atoms with E-state index in [-0.39, 0.29) is 29.9 Å². The average molecular weight is 845 g/mol. The van der Waals surface area contributed by atoms with Crippen LogP contribution in [0.5, 0.6) is 0 Å². The van der Waals surface area contributed by atoms with E-state index in [2.05, 4.69) is 20.6 Å². The molecule has 5 aromatic heterocycles. The molecule has 0 saturated carbocycles. The van der Waals surface area contributed by atoms with Crippen molar-refractivity contribution in [3.8, 4) is 17.2 Å². The minimum Gasteiger partial charge on any atom is -0.424 e. The van der Waals surface area contributed by atoms with Gasteiger partial charge in [-0.25, -0.2) is 22.4 Å². The SMILES string of the molecule is Cc1nnc(Cn2c(C(=O)N3CCc4nn(-c5cc(C)c(F)c(C)c5)c(-n5ccn(-c6ccc(S7(=O)=NCCC7)cc6)c5=O)c4[C@@H]3C)cc3cc(C4CCOCC4)ncc32)o1. The molecule has 17 heteroatoms. The molecular weight excluding hydrogens is 800 g/mol. The molecule has 8 heterocycles. The standard InChI is InChI=1S/C44H45FN10O5S/c1-26-20-33(21-27(2)41(26)45)55-42(53-16-15-52(44(53)57)32-6-8-34(9-7-32)61(58)19-5-13-47-61)40-28(3)51(14-10-35(40)50-55)43(56)37-23-31-22-36(30-11-17-59-18-12-30)46-24-38(31)54(37)25-39-49-48-29(4)60-39/h6-9,15-16,20-24,28,30H,5,10-14,17-19,25H2,1-4H3/t28-,61?/m0/s1. The van der Waals surface area contributed by atoms with Gasteiger partial charge in [0, 0.05) is 85.3 Å². The number of carbonyl (C=O) groups is 1. The second kappa shape index (κ2) is 15.1. The van der Waals surface area contributed by atoms with Gasteiger partial charge in [-0.15, -0.1) is 10.2 Å². The zero-order valence-electron chi connectivity index (χ0n) is 34.4. The summed E-state index contributed by atoms with van der Waals surface area (Å²) in [6, 6.07) is 14.0. The van der Waals surface area contributed by atoms with Gasteiger partial charge in [0.25, 0.3) is 5.91 Å². The van der Waals surface area contributed by atoms with Crippen molar-refractivity contribution in [2.24, 2.45) is 4.36 Å². The summed E-state index contributed by atoms with van der Waals surface area (Å²) < 4.78 is 50.8. The topological polar surface area (TPSA) is 160 Å². The average Bonchev–Trinajstić information content (AvgIpc) is 4.12. The number of benzene rings is 2. The minimum atomic E-state index is -2.46. The first-order chi connectivity index (χ1) is 29.5. The Balaban J connectivity index is 1.07. The van der Waals surface area contributed by atoms with Crippen LogP contribution in [-0.2, 0) is 27.4 Å². The maximum atomic E-state index is 15.1. The lowest BCUT2D eigenvalue weighted by Crippen LogP contribution is -2.40. The molecule has 0 aliphatic carbocycles. The Hall–Kier alpha value is -6.20. The van der Waals surface area contributed by atoms with E-state index in [1.54, 1.807) is 74.2 Å². The maximum absolute atomic E-state index is 15.1. The molecule has 0 radical (unpaired) electrons. The van der Waals surface area contributed by atoms with Crippen LogP contribution >= 0.6 is 0 Å². The Morgan fingerprint density at radius 3 is 2.43 bits per heavy atom. The number of aromatic nitrogens is 8. The molecule has 15 nitrogen and oxygen atoms in total. The van der Waals surface area contributed by atoms with Crippen molar-refractivity contribution >= 4 is 26.5 Å². The zero-order chi connectivity index (χ0) is 42.2. The van der Waals surface area contributed by atoms with Crippen LogP contribution in [0.3, 0.4) is 0 Å². The number of amides is 1. The Kier molecular flexibility index (Phi) is 9.62. The second-order valence-corrected chi connectivity index (χ2v) is 18.6. The molecule has 1 saturated heterocycles. The summed E-state index contributed by atoms with van der Waals surface area (Å²) in [7, 11) is -2.46. The molecule has 61 heavy (non-hydrogen) atoms. The van der Waals surface area contributed by atoms with Gasteiger partial charge in [0.1, 0.15) is 23.9 Å². The maximum Gasteiger partial charge on any atom is 0.338 e. The highest BCUT2D eigenvalue weighted by atomic mass is 32.2. The van der Waals surface area contributed by atoms with Crippen LogP contribution in [0.15, 0.2) is 85.6 Å². The van der Waals surface area contributed by atoms with Gasteiger partial charge in [0.2, 0.25) is 11.8 Å². The van der Waals surface area contributed by atoms with Crippen molar-refractivity contribution in [2.45, 2.75) is 76.8 Å². The quantitative estimate of drug-likeness (QED) is 0.165. The lowest BCUT2D eigenvalue weighted by Gasteiger charge is -2.33. The Morgan fingerprint density at radius 2 is 1.72 bits per heavy atom. The van der Waals surface area contributed by atoms with Crippen molar-refractivity contribution in [1.82, 2.24) is 43.6 Å². The van der Waals surface area contributed by atoms with E-state index in [0.717, 1.165) is 41.6 Å². The van der Waals surface area contributed by atoms with Crippen LogP contribution in [0, 0.1) is 26.6 Å². The van der Waals surface area contributed by atoms with Crippen LogP contribution in [0.2, 0.25) is 0 Å². The summed E-state index contributed by atoms with van der Waals surface area (Å²) in [5.41, 5.74) is 5.27. The van der Waals surface area contributed by atoms with Crippen molar-refractivity contribution < 1.29 is 22.5 Å². The van der Waals surface area contributed by atoms with Crippen LogP contribution in [-0.4, -0.2) is 85.7 Å². The number of ether oxygens (including phenoxy) is 1. The monoisotopic (exact) mass is 844 g/mol. The summed E-state index contributed by atoms with van der Waals surface area (Å²) in [6.07, 6.45) is 8.13. The number of aryl methyl sites for hydroxylation is 3. The van der Waals surface area contributed by atoms with Gasteiger partial charge in [0.05, 0.1) is 44.6 Å². The van der Waals surface area contributed by atoms with E-state index < -0.39 is 15.8 Å². The highest BCUT2D eigenvalue weighted by molar-refractivity contribution is 7.93. The van der Waals surface area contributed by atoms with Gasteiger partial charge < -0.3 is 18.6 Å². The Bertz CT molecular complexity index is 3030. The van der Waals surface area contributed by atoms with Crippen molar-refractivity contribution in [2.75, 3.05) is 32.1 Å². The number of hydrogen-bond acceptors (Lipinski definition) is 10.